The van der Waals surface area contributed by atoms with Crippen molar-refractivity contribution in [1.82, 2.24) is 14.5 Å². The minimum atomic E-state index is -3.70. The molecule has 0 spiro atoms. The minimum Gasteiger partial charge on any atom is -0.300 e. The molecular formula is C17H21ClN4O3S2. The highest BCUT2D eigenvalue weighted by Gasteiger charge is 2.33. The molecule has 2 aromatic rings. The van der Waals surface area contributed by atoms with Crippen molar-refractivity contribution in [3.05, 3.63) is 33.8 Å². The SMILES string of the molecule is CCc1nnc(NC(=O)[C@@H]2CCCN(S(=O)(=O)c3ccc(C)c(Cl)c3)C2)s1. The maximum atomic E-state index is 12.9. The van der Waals surface area contributed by atoms with Crippen LogP contribution < -0.4 is 5.32 Å². The number of aryl methyl sites for hydroxylation is 2. The first-order valence-corrected chi connectivity index (χ1v) is 11.3. The molecule has 0 bridgehead atoms. The molecule has 1 aromatic heterocycles. The number of nitrogens with zero attached hydrogens (tertiary/aromatic N) is 3. The molecule has 0 radical (unpaired) electrons. The summed E-state index contributed by atoms with van der Waals surface area (Å²) in [5.41, 5.74) is 0.815. The second-order valence-corrected chi connectivity index (χ2v) is 9.86. The van der Waals surface area contributed by atoms with Crippen LogP contribution in [0.3, 0.4) is 0 Å². The summed E-state index contributed by atoms with van der Waals surface area (Å²) in [5, 5.41) is 12.4. The van der Waals surface area contributed by atoms with Crippen LogP contribution in [-0.4, -0.2) is 41.9 Å². The van der Waals surface area contributed by atoms with E-state index < -0.39 is 15.9 Å². The van der Waals surface area contributed by atoms with Gasteiger partial charge in [0.25, 0.3) is 0 Å². The molecule has 1 saturated heterocycles. The number of hydrogen-bond acceptors (Lipinski definition) is 6. The zero-order chi connectivity index (χ0) is 19.6. The number of aromatic nitrogens is 2. The van der Waals surface area contributed by atoms with Gasteiger partial charge >= 0.3 is 0 Å². The number of halogens is 1. The van der Waals surface area contributed by atoms with Gasteiger partial charge in [-0.2, -0.15) is 4.31 Å². The van der Waals surface area contributed by atoms with Crippen molar-refractivity contribution in [2.24, 2.45) is 5.92 Å². The van der Waals surface area contributed by atoms with Crippen LogP contribution >= 0.6 is 22.9 Å². The number of hydrogen-bond donors (Lipinski definition) is 1. The number of amides is 1. The van der Waals surface area contributed by atoms with Crippen molar-refractivity contribution in [2.75, 3.05) is 18.4 Å². The van der Waals surface area contributed by atoms with Gasteiger partial charge in [-0.05, 0) is 43.9 Å². The maximum Gasteiger partial charge on any atom is 0.243 e. The molecule has 10 heteroatoms. The summed E-state index contributed by atoms with van der Waals surface area (Å²) in [4.78, 5) is 12.7. The molecule has 7 nitrogen and oxygen atoms in total. The van der Waals surface area contributed by atoms with Crippen molar-refractivity contribution >= 4 is 44.0 Å². The highest BCUT2D eigenvalue weighted by atomic mass is 35.5. The molecule has 2 heterocycles. The zero-order valence-electron chi connectivity index (χ0n) is 15.1. The number of sulfonamides is 1. The molecule has 0 unspecified atom stereocenters. The van der Waals surface area contributed by atoms with E-state index in [4.69, 9.17) is 11.6 Å². The largest absolute Gasteiger partial charge is 0.300 e. The summed E-state index contributed by atoms with van der Waals surface area (Å²) in [6.07, 6.45) is 2.00. The van der Waals surface area contributed by atoms with Gasteiger partial charge in [0.1, 0.15) is 5.01 Å². The predicted octanol–water partition coefficient (Wildman–Crippen LogP) is 3.10. The van der Waals surface area contributed by atoms with Gasteiger partial charge in [-0.25, -0.2) is 8.42 Å². The van der Waals surface area contributed by atoms with Crippen molar-refractivity contribution < 1.29 is 13.2 Å². The number of nitrogens with one attached hydrogen (secondary N) is 1. The number of rotatable bonds is 5. The standard InChI is InChI=1S/C17H21ClN4O3S2/c1-3-15-20-21-17(26-15)19-16(23)12-5-4-8-22(10-12)27(24,25)13-7-6-11(2)14(18)9-13/h6-7,9,12H,3-5,8,10H2,1-2H3,(H,19,21,23)/t12-/m1/s1. The highest BCUT2D eigenvalue weighted by molar-refractivity contribution is 7.89. The van der Waals surface area contributed by atoms with E-state index in [-0.39, 0.29) is 17.3 Å². The highest BCUT2D eigenvalue weighted by Crippen LogP contribution is 2.27. The molecule has 1 atom stereocenters. The third kappa shape index (κ3) is 4.48. The Bertz CT molecular complexity index is 945. The molecular weight excluding hydrogens is 408 g/mol. The number of carbonyl (C=O) groups excluding carboxylic acids is 1. The lowest BCUT2D eigenvalue weighted by Crippen LogP contribution is -2.43. The lowest BCUT2D eigenvalue weighted by atomic mass is 9.99. The molecule has 1 amide bonds. The minimum absolute atomic E-state index is 0.138. The van der Waals surface area contributed by atoms with E-state index in [1.54, 1.807) is 12.1 Å². The first kappa shape index (κ1) is 20.2. The Labute approximate surface area is 167 Å². The van der Waals surface area contributed by atoms with Crippen LogP contribution in [0, 0.1) is 12.8 Å². The van der Waals surface area contributed by atoms with Gasteiger partial charge in [-0.3, -0.25) is 4.79 Å². The van der Waals surface area contributed by atoms with Crippen LogP contribution in [0.2, 0.25) is 5.02 Å². The average molecular weight is 429 g/mol. The van der Waals surface area contributed by atoms with Crippen molar-refractivity contribution in [2.45, 2.75) is 38.0 Å². The van der Waals surface area contributed by atoms with E-state index >= 15 is 0 Å². The van der Waals surface area contributed by atoms with Crippen LogP contribution in [-0.2, 0) is 21.2 Å². The first-order chi connectivity index (χ1) is 12.8. The second kappa shape index (κ2) is 8.22. The van der Waals surface area contributed by atoms with Gasteiger partial charge < -0.3 is 5.32 Å². The molecule has 1 aromatic carbocycles. The molecule has 3 rings (SSSR count). The van der Waals surface area contributed by atoms with E-state index in [9.17, 15) is 13.2 Å². The molecule has 1 aliphatic rings. The number of piperidine rings is 1. The van der Waals surface area contributed by atoms with E-state index in [0.717, 1.165) is 17.0 Å². The Morgan fingerprint density at radius 2 is 2.19 bits per heavy atom. The van der Waals surface area contributed by atoms with E-state index in [1.807, 2.05) is 13.8 Å². The fourth-order valence-corrected chi connectivity index (χ4v) is 5.39. The topological polar surface area (TPSA) is 92.3 Å². The molecule has 1 N–H and O–H groups in total. The van der Waals surface area contributed by atoms with Crippen molar-refractivity contribution in [3.63, 3.8) is 0 Å². The van der Waals surface area contributed by atoms with Gasteiger partial charge in [-0.1, -0.05) is 35.9 Å². The maximum absolute atomic E-state index is 12.9. The molecule has 1 aliphatic heterocycles. The Morgan fingerprint density at radius 1 is 1.41 bits per heavy atom. The fourth-order valence-electron chi connectivity index (χ4n) is 2.91. The van der Waals surface area contributed by atoms with Gasteiger partial charge in [0, 0.05) is 18.1 Å². The molecule has 146 valence electrons. The average Bonchev–Trinajstić information content (AvgIpc) is 3.11. The molecule has 0 aliphatic carbocycles. The fraction of sp³-hybridized carbons (Fsp3) is 0.471. The lowest BCUT2D eigenvalue weighted by molar-refractivity contribution is -0.120. The normalized spacial score (nSPS) is 18.4. The Kier molecular flexibility index (Phi) is 6.15. The predicted molar refractivity (Wildman–Crippen MR) is 106 cm³/mol. The number of benzene rings is 1. The van der Waals surface area contributed by atoms with E-state index in [2.05, 4.69) is 15.5 Å². The van der Waals surface area contributed by atoms with Gasteiger partial charge in [0.15, 0.2) is 0 Å². The van der Waals surface area contributed by atoms with Crippen LogP contribution in [0.15, 0.2) is 23.1 Å². The third-order valence-corrected chi connectivity index (χ3v) is 7.79. The van der Waals surface area contributed by atoms with Crippen LogP contribution in [0.1, 0.15) is 30.3 Å². The first-order valence-electron chi connectivity index (χ1n) is 8.70. The van der Waals surface area contributed by atoms with E-state index in [0.29, 0.717) is 29.5 Å². The van der Waals surface area contributed by atoms with Crippen molar-refractivity contribution in [3.8, 4) is 0 Å². The monoisotopic (exact) mass is 428 g/mol. The van der Waals surface area contributed by atoms with Crippen LogP contribution in [0.25, 0.3) is 0 Å². The van der Waals surface area contributed by atoms with Gasteiger partial charge in [0.05, 0.1) is 10.8 Å². The molecule has 1 fully saturated rings. The summed E-state index contributed by atoms with van der Waals surface area (Å²) in [6, 6.07) is 4.70. The summed E-state index contributed by atoms with van der Waals surface area (Å²) in [5.74, 6) is -0.654. The Balaban J connectivity index is 1.72. The quantitative estimate of drug-likeness (QED) is 0.789. The van der Waals surface area contributed by atoms with Gasteiger partial charge in [-0.15, -0.1) is 10.2 Å². The summed E-state index contributed by atoms with van der Waals surface area (Å²) < 4.78 is 27.2. The summed E-state index contributed by atoms with van der Waals surface area (Å²) >= 11 is 7.41. The van der Waals surface area contributed by atoms with Crippen LogP contribution in [0.5, 0.6) is 0 Å². The number of anilines is 1. The summed E-state index contributed by atoms with van der Waals surface area (Å²) in [7, 11) is -3.70. The van der Waals surface area contributed by atoms with Gasteiger partial charge in [0.2, 0.25) is 21.1 Å². The zero-order valence-corrected chi connectivity index (χ0v) is 17.5. The lowest BCUT2D eigenvalue weighted by Gasteiger charge is -2.31. The Morgan fingerprint density at radius 3 is 2.85 bits per heavy atom. The smallest absolute Gasteiger partial charge is 0.243 e. The van der Waals surface area contributed by atoms with Crippen molar-refractivity contribution in [1.29, 1.82) is 0 Å². The number of carbonyl (C=O) groups is 1. The second-order valence-electron chi connectivity index (χ2n) is 6.46. The summed E-state index contributed by atoms with van der Waals surface area (Å²) in [6.45, 7) is 4.31. The van der Waals surface area contributed by atoms with Crippen LogP contribution in [0.4, 0.5) is 5.13 Å². The molecule has 0 saturated carbocycles. The Hall–Kier alpha value is -1.55. The third-order valence-electron chi connectivity index (χ3n) is 4.54. The molecule has 27 heavy (non-hydrogen) atoms. The van der Waals surface area contributed by atoms with E-state index in [1.165, 1.54) is 21.7 Å².